The lowest BCUT2D eigenvalue weighted by atomic mass is 10.0. The van der Waals surface area contributed by atoms with Crippen molar-refractivity contribution in [3.05, 3.63) is 52.6 Å². The second-order valence-corrected chi connectivity index (χ2v) is 6.37. The second kappa shape index (κ2) is 8.62. The number of hydrogen-bond donors (Lipinski definition) is 0. The molecule has 7 nitrogen and oxygen atoms in total. The minimum Gasteiger partial charge on any atom is -0.461 e. The summed E-state index contributed by atoms with van der Waals surface area (Å²) in [7, 11) is 1.73. The Hall–Kier alpha value is -2.96. The number of nitrogens with zero attached hydrogens (tertiary/aromatic N) is 3. The van der Waals surface area contributed by atoms with Gasteiger partial charge in [0.05, 0.1) is 13.2 Å². The molecule has 0 aromatic carbocycles. The largest absolute Gasteiger partial charge is 0.461 e. The Labute approximate surface area is 158 Å². The summed E-state index contributed by atoms with van der Waals surface area (Å²) in [5.74, 6) is -0.877. The molecule has 144 valence electrons. The van der Waals surface area contributed by atoms with E-state index < -0.39 is 5.97 Å². The minimum atomic E-state index is -0.460. The van der Waals surface area contributed by atoms with Crippen molar-refractivity contribution in [2.45, 2.75) is 34.2 Å². The molecule has 0 aliphatic heterocycles. The Kier molecular flexibility index (Phi) is 6.50. The molecule has 0 atom stereocenters. The monoisotopic (exact) mass is 371 g/mol. The summed E-state index contributed by atoms with van der Waals surface area (Å²) in [6.45, 7) is 7.16. The zero-order valence-electron chi connectivity index (χ0n) is 16.4. The highest BCUT2D eigenvalue weighted by atomic mass is 16.5. The van der Waals surface area contributed by atoms with Crippen LogP contribution in [-0.2, 0) is 23.1 Å². The third kappa shape index (κ3) is 4.42. The van der Waals surface area contributed by atoms with Crippen molar-refractivity contribution in [3.63, 3.8) is 0 Å². The molecule has 0 spiro atoms. The predicted molar refractivity (Wildman–Crippen MR) is 101 cm³/mol. The van der Waals surface area contributed by atoms with Crippen LogP contribution in [0.15, 0.2) is 24.5 Å². The van der Waals surface area contributed by atoms with Crippen LogP contribution in [0.3, 0.4) is 0 Å². The van der Waals surface area contributed by atoms with Gasteiger partial charge in [0.2, 0.25) is 5.91 Å². The zero-order chi connectivity index (χ0) is 20.1. The van der Waals surface area contributed by atoms with Gasteiger partial charge in [0.25, 0.3) is 0 Å². The lowest BCUT2D eigenvalue weighted by Gasteiger charge is -2.20. The average molecular weight is 371 g/mol. The van der Waals surface area contributed by atoms with Crippen molar-refractivity contribution in [1.29, 1.82) is 0 Å². The SMILES string of the molecule is CCOC(=O)c1c(C)c(C(=O)CN(Cc2cccnc2)C(C)=O)c(C)n1C. The van der Waals surface area contributed by atoms with E-state index in [-0.39, 0.29) is 24.8 Å². The van der Waals surface area contributed by atoms with Crippen LogP contribution in [0, 0.1) is 13.8 Å². The topological polar surface area (TPSA) is 81.5 Å². The van der Waals surface area contributed by atoms with Gasteiger partial charge in [-0.3, -0.25) is 14.6 Å². The highest BCUT2D eigenvalue weighted by Crippen LogP contribution is 2.23. The van der Waals surface area contributed by atoms with E-state index in [9.17, 15) is 14.4 Å². The van der Waals surface area contributed by atoms with Gasteiger partial charge >= 0.3 is 5.97 Å². The molecule has 0 aliphatic rings. The third-order valence-corrected chi connectivity index (χ3v) is 4.55. The van der Waals surface area contributed by atoms with Crippen LogP contribution in [-0.4, -0.2) is 45.3 Å². The summed E-state index contributed by atoms with van der Waals surface area (Å²) in [6, 6.07) is 3.64. The van der Waals surface area contributed by atoms with Crippen molar-refractivity contribution in [3.8, 4) is 0 Å². The summed E-state index contributed by atoms with van der Waals surface area (Å²) >= 11 is 0. The number of hydrogen-bond acceptors (Lipinski definition) is 5. The first-order valence-electron chi connectivity index (χ1n) is 8.78. The smallest absolute Gasteiger partial charge is 0.355 e. The van der Waals surface area contributed by atoms with Gasteiger partial charge in [-0.2, -0.15) is 0 Å². The molecule has 0 unspecified atom stereocenters. The normalized spacial score (nSPS) is 10.6. The fourth-order valence-corrected chi connectivity index (χ4v) is 3.12. The van der Waals surface area contributed by atoms with Gasteiger partial charge in [-0.15, -0.1) is 0 Å². The van der Waals surface area contributed by atoms with Gasteiger partial charge in [0.1, 0.15) is 5.69 Å². The van der Waals surface area contributed by atoms with E-state index in [1.165, 1.54) is 11.8 Å². The van der Waals surface area contributed by atoms with E-state index >= 15 is 0 Å². The van der Waals surface area contributed by atoms with Gasteiger partial charge < -0.3 is 14.2 Å². The Morgan fingerprint density at radius 1 is 1.26 bits per heavy atom. The summed E-state index contributed by atoms with van der Waals surface area (Å²) in [6.07, 6.45) is 3.32. The highest BCUT2D eigenvalue weighted by molar-refractivity contribution is 6.04. The zero-order valence-corrected chi connectivity index (χ0v) is 16.4. The number of amides is 1. The third-order valence-electron chi connectivity index (χ3n) is 4.55. The van der Waals surface area contributed by atoms with Crippen LogP contribution in [0.2, 0.25) is 0 Å². The maximum atomic E-state index is 13.0. The number of ether oxygens (including phenoxy) is 1. The Morgan fingerprint density at radius 2 is 1.96 bits per heavy atom. The molecule has 0 fully saturated rings. The summed E-state index contributed by atoms with van der Waals surface area (Å²) in [5, 5.41) is 0. The van der Waals surface area contributed by atoms with Crippen LogP contribution >= 0.6 is 0 Å². The lowest BCUT2D eigenvalue weighted by molar-refractivity contribution is -0.129. The molecule has 2 aromatic heterocycles. The molecule has 0 aliphatic carbocycles. The average Bonchev–Trinajstić information content (AvgIpc) is 2.84. The number of aromatic nitrogens is 2. The van der Waals surface area contributed by atoms with E-state index in [1.807, 2.05) is 6.07 Å². The Bertz CT molecular complexity index is 856. The lowest BCUT2D eigenvalue weighted by Crippen LogP contribution is -2.34. The van der Waals surface area contributed by atoms with Gasteiger partial charge in [-0.05, 0) is 38.0 Å². The molecule has 27 heavy (non-hydrogen) atoms. The van der Waals surface area contributed by atoms with E-state index in [0.717, 1.165) is 5.56 Å². The van der Waals surface area contributed by atoms with E-state index in [1.54, 1.807) is 50.8 Å². The molecule has 2 heterocycles. The van der Waals surface area contributed by atoms with Crippen molar-refractivity contribution >= 4 is 17.7 Å². The first-order valence-corrected chi connectivity index (χ1v) is 8.78. The van der Waals surface area contributed by atoms with Gasteiger partial charge in [-0.25, -0.2) is 4.79 Å². The molecular formula is C20H25N3O4. The maximum absolute atomic E-state index is 13.0. The van der Waals surface area contributed by atoms with E-state index in [2.05, 4.69) is 4.98 Å². The predicted octanol–water partition coefficient (Wildman–Crippen LogP) is 2.45. The van der Waals surface area contributed by atoms with Gasteiger partial charge in [0.15, 0.2) is 5.78 Å². The van der Waals surface area contributed by atoms with Crippen LogP contribution in [0.25, 0.3) is 0 Å². The molecule has 2 rings (SSSR count). The molecule has 0 bridgehead atoms. The number of esters is 1. The number of Topliss-reactive ketones (excluding diaryl/α,β-unsaturated/α-hetero) is 1. The summed E-state index contributed by atoms with van der Waals surface area (Å²) < 4.78 is 6.76. The first kappa shape index (κ1) is 20.4. The quantitative estimate of drug-likeness (QED) is 0.552. The van der Waals surface area contributed by atoms with Crippen LogP contribution in [0.1, 0.15) is 51.5 Å². The molecule has 0 N–H and O–H groups in total. The van der Waals surface area contributed by atoms with Crippen molar-refractivity contribution in [1.82, 2.24) is 14.5 Å². The standard InChI is InChI=1S/C20H25N3O4/c1-6-27-20(26)19-13(2)18(14(3)22(19)5)17(25)12-23(15(4)24)11-16-8-7-9-21-10-16/h7-10H,6,11-12H2,1-5H3. The summed E-state index contributed by atoms with van der Waals surface area (Å²) in [5.41, 5.74) is 2.90. The molecule has 2 aromatic rings. The van der Waals surface area contributed by atoms with Crippen molar-refractivity contribution in [2.24, 2.45) is 7.05 Å². The Balaban J connectivity index is 2.29. The number of ketones is 1. The van der Waals surface area contributed by atoms with Crippen molar-refractivity contribution < 1.29 is 19.1 Å². The molecule has 7 heteroatoms. The molecule has 0 saturated heterocycles. The molecule has 0 radical (unpaired) electrons. The fraction of sp³-hybridized carbons (Fsp3) is 0.400. The fourth-order valence-electron chi connectivity index (χ4n) is 3.12. The molecule has 1 amide bonds. The van der Waals surface area contributed by atoms with Crippen LogP contribution in [0.5, 0.6) is 0 Å². The van der Waals surface area contributed by atoms with Crippen LogP contribution < -0.4 is 0 Å². The number of carbonyl (C=O) groups is 3. The van der Waals surface area contributed by atoms with Crippen molar-refractivity contribution in [2.75, 3.05) is 13.2 Å². The van der Waals surface area contributed by atoms with Gasteiger partial charge in [-0.1, -0.05) is 6.07 Å². The molecule has 0 saturated carbocycles. The highest BCUT2D eigenvalue weighted by Gasteiger charge is 2.27. The maximum Gasteiger partial charge on any atom is 0.355 e. The number of carbonyl (C=O) groups excluding carboxylic acids is 3. The van der Waals surface area contributed by atoms with Crippen LogP contribution in [0.4, 0.5) is 0 Å². The Morgan fingerprint density at radius 3 is 2.52 bits per heavy atom. The van der Waals surface area contributed by atoms with Gasteiger partial charge in [0, 0.05) is 44.2 Å². The number of pyridine rings is 1. The number of rotatable bonds is 7. The first-order chi connectivity index (χ1) is 12.8. The molecular weight excluding hydrogens is 346 g/mol. The minimum absolute atomic E-state index is 0.0712. The second-order valence-electron chi connectivity index (χ2n) is 6.37. The summed E-state index contributed by atoms with van der Waals surface area (Å²) in [4.78, 5) is 42.7. The van der Waals surface area contributed by atoms with E-state index in [4.69, 9.17) is 4.74 Å². The van der Waals surface area contributed by atoms with E-state index in [0.29, 0.717) is 29.1 Å².